The van der Waals surface area contributed by atoms with Crippen molar-refractivity contribution in [3.8, 4) is 0 Å². The van der Waals surface area contributed by atoms with Crippen LogP contribution in [-0.2, 0) is 18.4 Å². The first kappa shape index (κ1) is 13.5. The van der Waals surface area contributed by atoms with Gasteiger partial charge in [0.1, 0.15) is 0 Å². The number of nitrogens with one attached hydrogen (secondary N) is 2. The number of aryl methyl sites for hydroxylation is 2. The molecule has 1 amide bonds. The van der Waals surface area contributed by atoms with Gasteiger partial charge in [0, 0.05) is 19.6 Å². The van der Waals surface area contributed by atoms with Crippen LogP contribution < -0.4 is 10.6 Å². The second-order valence-corrected chi connectivity index (χ2v) is 5.65. The number of carbonyl (C=O) groups is 1. The summed E-state index contributed by atoms with van der Waals surface area (Å²) in [5.74, 6) is 0.0764. The van der Waals surface area contributed by atoms with Crippen LogP contribution in [0, 0.1) is 6.92 Å². The summed E-state index contributed by atoms with van der Waals surface area (Å²) in [5, 5.41) is 10.5. The molecule has 1 aliphatic carbocycles. The van der Waals surface area contributed by atoms with Gasteiger partial charge in [-0.3, -0.25) is 9.48 Å². The Morgan fingerprint density at radius 2 is 2.28 bits per heavy atom. The number of halogens is 1. The van der Waals surface area contributed by atoms with E-state index in [0.717, 1.165) is 28.7 Å². The number of amides is 1. The van der Waals surface area contributed by atoms with Crippen LogP contribution in [0.2, 0.25) is 0 Å². The normalized spacial score (nSPS) is 16.7. The molecule has 0 radical (unpaired) electrons. The molecule has 6 heteroatoms. The van der Waals surface area contributed by atoms with Crippen molar-refractivity contribution in [3.63, 3.8) is 0 Å². The Balaban J connectivity index is 1.88. The van der Waals surface area contributed by atoms with Crippen molar-refractivity contribution in [2.75, 3.05) is 0 Å². The molecule has 1 saturated carbocycles. The molecule has 0 spiro atoms. The van der Waals surface area contributed by atoms with E-state index in [1.54, 1.807) is 0 Å². The summed E-state index contributed by atoms with van der Waals surface area (Å²) in [4.78, 5) is 11.8. The fourth-order valence-electron chi connectivity index (χ4n) is 1.77. The molecule has 0 aromatic carbocycles. The van der Waals surface area contributed by atoms with Crippen LogP contribution in [0.1, 0.15) is 31.2 Å². The molecule has 1 aromatic heterocycles. The zero-order chi connectivity index (χ0) is 13.3. The van der Waals surface area contributed by atoms with E-state index in [9.17, 15) is 4.79 Å². The van der Waals surface area contributed by atoms with E-state index >= 15 is 0 Å². The molecule has 0 saturated heterocycles. The first-order valence-electron chi connectivity index (χ1n) is 6.20. The van der Waals surface area contributed by atoms with Crippen molar-refractivity contribution in [3.05, 3.63) is 15.9 Å². The second kappa shape index (κ2) is 5.40. The molecule has 100 valence electrons. The van der Waals surface area contributed by atoms with E-state index in [2.05, 4.69) is 31.7 Å². The molecule has 0 bridgehead atoms. The van der Waals surface area contributed by atoms with E-state index < -0.39 is 0 Å². The van der Waals surface area contributed by atoms with Gasteiger partial charge in [-0.15, -0.1) is 0 Å². The topological polar surface area (TPSA) is 59.0 Å². The third-order valence-electron chi connectivity index (χ3n) is 3.15. The van der Waals surface area contributed by atoms with Gasteiger partial charge in [0.25, 0.3) is 0 Å². The summed E-state index contributed by atoms with van der Waals surface area (Å²) < 4.78 is 2.84. The minimum absolute atomic E-state index is 0.0764. The average Bonchev–Trinajstić information content (AvgIpc) is 3.08. The van der Waals surface area contributed by atoms with Crippen molar-refractivity contribution in [2.45, 2.75) is 45.3 Å². The fourth-order valence-corrected chi connectivity index (χ4v) is 2.24. The number of rotatable bonds is 5. The van der Waals surface area contributed by atoms with E-state index in [1.165, 1.54) is 0 Å². The highest BCUT2D eigenvalue weighted by molar-refractivity contribution is 9.10. The molecule has 5 nitrogen and oxygen atoms in total. The van der Waals surface area contributed by atoms with Crippen molar-refractivity contribution < 1.29 is 4.79 Å². The Labute approximate surface area is 115 Å². The van der Waals surface area contributed by atoms with E-state index in [0.29, 0.717) is 12.6 Å². The van der Waals surface area contributed by atoms with Crippen molar-refractivity contribution in [1.29, 1.82) is 0 Å². The van der Waals surface area contributed by atoms with Gasteiger partial charge in [0.15, 0.2) is 0 Å². The lowest BCUT2D eigenvalue weighted by atomic mass is 10.3. The predicted octanol–water partition coefficient (Wildman–Crippen LogP) is 1.25. The zero-order valence-electron chi connectivity index (χ0n) is 11.0. The average molecular weight is 315 g/mol. The minimum atomic E-state index is -0.187. The summed E-state index contributed by atoms with van der Waals surface area (Å²) >= 11 is 3.51. The third kappa shape index (κ3) is 3.11. The van der Waals surface area contributed by atoms with Crippen LogP contribution in [0.15, 0.2) is 4.47 Å². The van der Waals surface area contributed by atoms with E-state index in [-0.39, 0.29) is 11.9 Å². The first-order chi connectivity index (χ1) is 8.49. The summed E-state index contributed by atoms with van der Waals surface area (Å²) in [7, 11) is 1.91. The molecular formula is C12H19BrN4O. The van der Waals surface area contributed by atoms with Crippen molar-refractivity contribution in [1.82, 2.24) is 20.4 Å². The quantitative estimate of drug-likeness (QED) is 0.860. The molecule has 2 rings (SSSR count). The second-order valence-electron chi connectivity index (χ2n) is 4.86. The van der Waals surface area contributed by atoms with Crippen LogP contribution in [0.25, 0.3) is 0 Å². The molecule has 1 aromatic rings. The monoisotopic (exact) mass is 314 g/mol. The van der Waals surface area contributed by atoms with Crippen LogP contribution in [-0.4, -0.2) is 27.8 Å². The predicted molar refractivity (Wildman–Crippen MR) is 73.1 cm³/mol. The van der Waals surface area contributed by atoms with Gasteiger partial charge >= 0.3 is 0 Å². The van der Waals surface area contributed by atoms with Gasteiger partial charge in [-0.25, -0.2) is 0 Å². The highest BCUT2D eigenvalue weighted by Gasteiger charge is 2.25. The largest absolute Gasteiger partial charge is 0.352 e. The standard InChI is InChI=1S/C12H19BrN4O/c1-7-11(13)10(17(3)16-7)6-14-8(2)12(18)15-9-4-5-9/h8-9,14H,4-6H2,1-3H3,(H,15,18). The third-order valence-corrected chi connectivity index (χ3v) is 4.19. The number of nitrogens with zero attached hydrogens (tertiary/aromatic N) is 2. The molecule has 2 N–H and O–H groups in total. The molecule has 18 heavy (non-hydrogen) atoms. The van der Waals surface area contributed by atoms with E-state index in [1.807, 2.05) is 25.6 Å². The Hall–Kier alpha value is -0.880. The maximum atomic E-state index is 11.8. The summed E-state index contributed by atoms with van der Waals surface area (Å²) in [5.41, 5.74) is 2.02. The number of carbonyl (C=O) groups excluding carboxylic acids is 1. The van der Waals surface area contributed by atoms with Gasteiger partial charge in [-0.1, -0.05) is 0 Å². The Bertz CT molecular complexity index is 453. The highest BCUT2D eigenvalue weighted by Crippen LogP contribution is 2.20. The molecule has 0 aliphatic heterocycles. The molecule has 1 aliphatic rings. The van der Waals surface area contributed by atoms with Crippen LogP contribution in [0.5, 0.6) is 0 Å². The maximum Gasteiger partial charge on any atom is 0.237 e. The van der Waals surface area contributed by atoms with Crippen molar-refractivity contribution >= 4 is 21.8 Å². The van der Waals surface area contributed by atoms with Crippen LogP contribution in [0.3, 0.4) is 0 Å². The summed E-state index contributed by atoms with van der Waals surface area (Å²) in [6.07, 6.45) is 2.23. The van der Waals surface area contributed by atoms with Crippen molar-refractivity contribution in [2.24, 2.45) is 7.05 Å². The Morgan fingerprint density at radius 1 is 1.61 bits per heavy atom. The molecular weight excluding hydrogens is 296 g/mol. The zero-order valence-corrected chi connectivity index (χ0v) is 12.5. The van der Waals surface area contributed by atoms with Gasteiger partial charge in [-0.2, -0.15) is 5.10 Å². The van der Waals surface area contributed by atoms with E-state index in [4.69, 9.17) is 0 Å². The number of aromatic nitrogens is 2. The number of hydrogen-bond donors (Lipinski definition) is 2. The smallest absolute Gasteiger partial charge is 0.237 e. The van der Waals surface area contributed by atoms with Gasteiger partial charge in [0.2, 0.25) is 5.91 Å². The molecule has 1 heterocycles. The van der Waals surface area contributed by atoms with Crippen LogP contribution >= 0.6 is 15.9 Å². The Morgan fingerprint density at radius 3 is 2.78 bits per heavy atom. The Kier molecular flexibility index (Phi) is 4.07. The minimum Gasteiger partial charge on any atom is -0.352 e. The van der Waals surface area contributed by atoms with Crippen LogP contribution in [0.4, 0.5) is 0 Å². The fraction of sp³-hybridized carbons (Fsp3) is 0.667. The number of hydrogen-bond acceptors (Lipinski definition) is 3. The van der Waals surface area contributed by atoms with Gasteiger partial charge in [0.05, 0.1) is 21.9 Å². The lowest BCUT2D eigenvalue weighted by Gasteiger charge is -2.14. The lowest BCUT2D eigenvalue weighted by Crippen LogP contribution is -2.42. The maximum absolute atomic E-state index is 11.8. The first-order valence-corrected chi connectivity index (χ1v) is 7.00. The molecule has 1 fully saturated rings. The summed E-state index contributed by atoms with van der Waals surface area (Å²) in [6, 6.07) is 0.222. The van der Waals surface area contributed by atoms with Gasteiger partial charge in [-0.05, 0) is 42.6 Å². The highest BCUT2D eigenvalue weighted by atomic mass is 79.9. The molecule has 1 unspecified atom stereocenters. The van der Waals surface area contributed by atoms with Gasteiger partial charge < -0.3 is 10.6 Å². The lowest BCUT2D eigenvalue weighted by molar-refractivity contribution is -0.122. The summed E-state index contributed by atoms with van der Waals surface area (Å²) in [6.45, 7) is 4.46. The SMILES string of the molecule is Cc1nn(C)c(CNC(C)C(=O)NC2CC2)c1Br. The molecule has 1 atom stereocenters.